The van der Waals surface area contributed by atoms with Crippen LogP contribution < -0.4 is 15.2 Å². The molecule has 0 aliphatic heterocycles. The number of nitrogens with one attached hydrogen (secondary N) is 1. The standard InChI is InChI=1S/C18H29NO3Si/c1-8-12-23(6,7)14-10-11-15(16(13-14)21-9-2)19-17(20)22-18(3,4)5/h8,10-11,13H,1,9,12H2,2-7H3,(H,19,20). The van der Waals surface area contributed by atoms with Gasteiger partial charge in [0.2, 0.25) is 0 Å². The summed E-state index contributed by atoms with van der Waals surface area (Å²) in [5, 5.41) is 4.05. The lowest BCUT2D eigenvalue weighted by molar-refractivity contribution is 0.0635. The zero-order chi connectivity index (χ0) is 17.7. The van der Waals surface area contributed by atoms with E-state index in [1.165, 1.54) is 5.19 Å². The van der Waals surface area contributed by atoms with Crippen LogP contribution in [-0.2, 0) is 4.74 Å². The summed E-state index contributed by atoms with van der Waals surface area (Å²) >= 11 is 0. The first kappa shape index (κ1) is 19.3. The Hall–Kier alpha value is -1.75. The molecule has 0 atom stereocenters. The van der Waals surface area contributed by atoms with E-state index in [1.807, 2.05) is 45.9 Å². The second-order valence-electron chi connectivity index (χ2n) is 7.15. The Bertz CT molecular complexity index is 562. The van der Waals surface area contributed by atoms with Gasteiger partial charge in [0.05, 0.1) is 20.4 Å². The van der Waals surface area contributed by atoms with E-state index in [-0.39, 0.29) is 0 Å². The molecule has 5 heteroatoms. The van der Waals surface area contributed by atoms with Gasteiger partial charge in [0, 0.05) is 0 Å². The number of amides is 1. The smallest absolute Gasteiger partial charge is 0.412 e. The minimum absolute atomic E-state index is 0.478. The van der Waals surface area contributed by atoms with Crippen molar-refractivity contribution in [3.05, 3.63) is 30.9 Å². The molecule has 0 unspecified atom stereocenters. The third kappa shape index (κ3) is 6.10. The van der Waals surface area contributed by atoms with Crippen molar-refractivity contribution in [3.8, 4) is 5.75 Å². The van der Waals surface area contributed by atoms with Crippen LogP contribution in [-0.4, -0.2) is 26.4 Å². The van der Waals surface area contributed by atoms with Gasteiger partial charge < -0.3 is 9.47 Å². The molecule has 0 aliphatic carbocycles. The molecule has 128 valence electrons. The Morgan fingerprint density at radius 1 is 1.35 bits per heavy atom. The number of carbonyl (C=O) groups is 1. The predicted molar refractivity (Wildman–Crippen MR) is 99.6 cm³/mol. The van der Waals surface area contributed by atoms with E-state index in [4.69, 9.17) is 9.47 Å². The Morgan fingerprint density at radius 3 is 2.52 bits per heavy atom. The van der Waals surface area contributed by atoms with Crippen LogP contribution in [0.3, 0.4) is 0 Å². The molecule has 0 fully saturated rings. The van der Waals surface area contributed by atoms with Crippen LogP contribution in [0.5, 0.6) is 5.75 Å². The quantitative estimate of drug-likeness (QED) is 0.613. The molecule has 23 heavy (non-hydrogen) atoms. The van der Waals surface area contributed by atoms with Crippen LogP contribution >= 0.6 is 0 Å². The molecule has 1 aromatic carbocycles. The molecule has 0 saturated heterocycles. The summed E-state index contributed by atoms with van der Waals surface area (Å²) in [4.78, 5) is 12.0. The molecule has 1 N–H and O–H groups in total. The van der Waals surface area contributed by atoms with Crippen molar-refractivity contribution in [3.63, 3.8) is 0 Å². The van der Waals surface area contributed by atoms with E-state index >= 15 is 0 Å². The molecule has 0 radical (unpaired) electrons. The molecular formula is C18H29NO3Si. The Balaban J connectivity index is 3.05. The van der Waals surface area contributed by atoms with Gasteiger partial charge in [-0.3, -0.25) is 5.32 Å². The van der Waals surface area contributed by atoms with E-state index in [0.29, 0.717) is 18.0 Å². The van der Waals surface area contributed by atoms with Crippen LogP contribution in [0.2, 0.25) is 19.1 Å². The molecule has 0 bridgehead atoms. The summed E-state index contributed by atoms with van der Waals surface area (Å²) < 4.78 is 11.0. The Kier molecular flexibility index (Phi) is 6.44. The molecule has 0 aliphatic rings. The van der Waals surface area contributed by atoms with Crippen LogP contribution in [0.4, 0.5) is 10.5 Å². The van der Waals surface area contributed by atoms with Crippen molar-refractivity contribution in [2.75, 3.05) is 11.9 Å². The maximum Gasteiger partial charge on any atom is 0.412 e. The highest BCUT2D eigenvalue weighted by atomic mass is 28.3. The molecule has 1 rings (SSSR count). The number of hydrogen-bond donors (Lipinski definition) is 1. The second kappa shape index (κ2) is 7.68. The molecule has 0 saturated carbocycles. The maximum atomic E-state index is 12.0. The molecule has 0 aromatic heterocycles. The lowest BCUT2D eigenvalue weighted by Gasteiger charge is -2.24. The van der Waals surface area contributed by atoms with Gasteiger partial charge in [-0.25, -0.2) is 4.79 Å². The van der Waals surface area contributed by atoms with Crippen LogP contribution in [0.25, 0.3) is 0 Å². The number of allylic oxidation sites excluding steroid dienone is 1. The van der Waals surface area contributed by atoms with E-state index in [2.05, 4.69) is 31.1 Å². The molecular weight excluding hydrogens is 306 g/mol. The first-order chi connectivity index (χ1) is 10.6. The van der Waals surface area contributed by atoms with Gasteiger partial charge >= 0.3 is 6.09 Å². The zero-order valence-corrected chi connectivity index (χ0v) is 16.2. The SMILES string of the molecule is C=CC[Si](C)(C)c1ccc(NC(=O)OC(C)(C)C)c(OCC)c1. The topological polar surface area (TPSA) is 47.6 Å². The van der Waals surface area contributed by atoms with Gasteiger partial charge in [-0.15, -0.1) is 6.58 Å². The van der Waals surface area contributed by atoms with Gasteiger partial charge in [0.25, 0.3) is 0 Å². The zero-order valence-electron chi connectivity index (χ0n) is 15.2. The Labute approximate surface area is 140 Å². The van der Waals surface area contributed by atoms with Crippen molar-refractivity contribution in [2.45, 2.75) is 52.4 Å². The number of ether oxygens (including phenoxy) is 2. The molecule has 0 heterocycles. The van der Waals surface area contributed by atoms with Gasteiger partial charge in [-0.1, -0.05) is 30.4 Å². The summed E-state index contributed by atoms with van der Waals surface area (Å²) in [5.41, 5.74) is 0.0996. The van der Waals surface area contributed by atoms with E-state index in [0.717, 1.165) is 6.04 Å². The number of carbonyl (C=O) groups excluding carboxylic acids is 1. The van der Waals surface area contributed by atoms with Crippen LogP contribution in [0.1, 0.15) is 27.7 Å². The third-order valence-corrected chi connectivity index (χ3v) is 6.54. The van der Waals surface area contributed by atoms with Crippen molar-refractivity contribution in [2.24, 2.45) is 0 Å². The fourth-order valence-electron chi connectivity index (χ4n) is 2.21. The molecule has 1 aromatic rings. The van der Waals surface area contributed by atoms with Crippen molar-refractivity contribution < 1.29 is 14.3 Å². The molecule has 0 spiro atoms. The summed E-state index contributed by atoms with van der Waals surface area (Å²) in [6, 6.07) is 6.98. The monoisotopic (exact) mass is 335 g/mol. The maximum absolute atomic E-state index is 12.0. The lowest BCUT2D eigenvalue weighted by atomic mass is 10.2. The normalized spacial score (nSPS) is 11.7. The van der Waals surface area contributed by atoms with Crippen LogP contribution in [0.15, 0.2) is 30.9 Å². The van der Waals surface area contributed by atoms with Gasteiger partial charge in [0.1, 0.15) is 11.4 Å². The minimum Gasteiger partial charge on any atom is -0.492 e. The number of rotatable bonds is 6. The number of benzene rings is 1. The van der Waals surface area contributed by atoms with Gasteiger partial charge in [-0.05, 0) is 45.9 Å². The summed E-state index contributed by atoms with van der Waals surface area (Å²) in [6.45, 7) is 16.4. The fraction of sp³-hybridized carbons (Fsp3) is 0.500. The summed E-state index contributed by atoms with van der Waals surface area (Å²) in [7, 11) is -1.58. The largest absolute Gasteiger partial charge is 0.492 e. The molecule has 4 nitrogen and oxygen atoms in total. The van der Waals surface area contributed by atoms with Crippen molar-refractivity contribution in [1.29, 1.82) is 0 Å². The van der Waals surface area contributed by atoms with Crippen LogP contribution in [0, 0.1) is 0 Å². The Morgan fingerprint density at radius 2 is 2.00 bits per heavy atom. The second-order valence-corrected chi connectivity index (χ2v) is 11.9. The van der Waals surface area contributed by atoms with E-state index in [9.17, 15) is 4.79 Å². The fourth-order valence-corrected chi connectivity index (χ4v) is 4.23. The lowest BCUT2D eigenvalue weighted by Crippen LogP contribution is -2.40. The van der Waals surface area contributed by atoms with Crippen molar-refractivity contribution >= 4 is 25.0 Å². The van der Waals surface area contributed by atoms with E-state index < -0.39 is 19.8 Å². The minimum atomic E-state index is -1.58. The summed E-state index contributed by atoms with van der Waals surface area (Å²) in [6.07, 6.45) is 1.49. The highest BCUT2D eigenvalue weighted by Crippen LogP contribution is 2.26. The van der Waals surface area contributed by atoms with Crippen molar-refractivity contribution in [1.82, 2.24) is 0 Å². The number of anilines is 1. The average molecular weight is 336 g/mol. The first-order valence-corrected chi connectivity index (χ1v) is 11.2. The van der Waals surface area contributed by atoms with Gasteiger partial charge in [0.15, 0.2) is 0 Å². The number of hydrogen-bond acceptors (Lipinski definition) is 3. The summed E-state index contributed by atoms with van der Waals surface area (Å²) in [5.74, 6) is 0.681. The molecule has 1 amide bonds. The first-order valence-electron chi connectivity index (χ1n) is 7.97. The van der Waals surface area contributed by atoms with E-state index in [1.54, 1.807) is 0 Å². The highest BCUT2D eigenvalue weighted by Gasteiger charge is 2.24. The highest BCUT2D eigenvalue weighted by molar-refractivity contribution is 6.90. The van der Waals surface area contributed by atoms with Gasteiger partial charge in [-0.2, -0.15) is 0 Å². The average Bonchev–Trinajstić information content (AvgIpc) is 2.38. The third-order valence-electron chi connectivity index (χ3n) is 3.35. The predicted octanol–water partition coefficient (Wildman–Crippen LogP) is 4.53.